The van der Waals surface area contributed by atoms with Crippen molar-refractivity contribution >= 4 is 5.82 Å². The predicted molar refractivity (Wildman–Crippen MR) is 61.6 cm³/mol. The zero-order valence-corrected chi connectivity index (χ0v) is 10.2. The van der Waals surface area contributed by atoms with E-state index < -0.39 is 37.2 Å². The number of halogens is 2. The van der Waals surface area contributed by atoms with Crippen molar-refractivity contribution in [1.82, 2.24) is 9.55 Å². The van der Waals surface area contributed by atoms with Crippen LogP contribution >= 0.6 is 0 Å². The molecule has 1 rings (SSSR count). The molecule has 0 saturated carbocycles. The molecular formula is C10H15F2N3O4. The fourth-order valence-corrected chi connectivity index (χ4v) is 1.29. The molecule has 0 bridgehead atoms. The Morgan fingerprint density at radius 2 is 2.32 bits per heavy atom. The Hall–Kier alpha value is -1.58. The van der Waals surface area contributed by atoms with Crippen LogP contribution in [0.2, 0.25) is 0 Å². The van der Waals surface area contributed by atoms with E-state index in [1.165, 1.54) is 6.07 Å². The van der Waals surface area contributed by atoms with Gasteiger partial charge in [-0.2, -0.15) is 4.98 Å². The molecule has 0 aliphatic rings. The average Bonchev–Trinajstić information content (AvgIpc) is 2.36. The molecule has 1 aromatic heterocycles. The van der Waals surface area contributed by atoms with Crippen molar-refractivity contribution in [2.24, 2.45) is 0 Å². The standard InChI is InChI=1S/C10H15F2N3O4/c1-10(5-16,8(12)17)19-7(4-11)15-3-2-6(13)14-9(15)18/h2-3,7-8,16-17H,4-5H2,1H3,(H2,13,14,18)/t7-,8-,10-/m1/s1. The van der Waals surface area contributed by atoms with Gasteiger partial charge in [-0.3, -0.25) is 4.57 Å². The van der Waals surface area contributed by atoms with E-state index in [1.807, 2.05) is 0 Å². The summed E-state index contributed by atoms with van der Waals surface area (Å²) >= 11 is 0. The van der Waals surface area contributed by atoms with Gasteiger partial charge >= 0.3 is 5.69 Å². The van der Waals surface area contributed by atoms with Crippen LogP contribution in [0, 0.1) is 0 Å². The van der Waals surface area contributed by atoms with Crippen LogP contribution in [-0.2, 0) is 4.74 Å². The summed E-state index contributed by atoms with van der Waals surface area (Å²) in [4.78, 5) is 14.9. The summed E-state index contributed by atoms with van der Waals surface area (Å²) in [6, 6.07) is 1.23. The van der Waals surface area contributed by atoms with E-state index in [0.717, 1.165) is 17.7 Å². The van der Waals surface area contributed by atoms with E-state index in [2.05, 4.69) is 4.98 Å². The normalized spacial score (nSPS) is 17.7. The van der Waals surface area contributed by atoms with Gasteiger partial charge in [-0.1, -0.05) is 0 Å². The molecule has 0 spiro atoms. The van der Waals surface area contributed by atoms with Crippen LogP contribution in [0.15, 0.2) is 17.1 Å². The highest BCUT2D eigenvalue weighted by atomic mass is 19.1. The summed E-state index contributed by atoms with van der Waals surface area (Å²) in [7, 11) is 0. The highest BCUT2D eigenvalue weighted by molar-refractivity contribution is 5.23. The van der Waals surface area contributed by atoms with Gasteiger partial charge in [0.05, 0.1) is 6.61 Å². The molecule has 0 unspecified atom stereocenters. The third-order valence-corrected chi connectivity index (χ3v) is 2.52. The quantitative estimate of drug-likeness (QED) is 0.638. The molecule has 0 aromatic carbocycles. The Bertz CT molecular complexity index is 482. The Morgan fingerprint density at radius 3 is 2.74 bits per heavy atom. The van der Waals surface area contributed by atoms with Crippen LogP contribution in [0.25, 0.3) is 0 Å². The number of aliphatic hydroxyl groups excluding tert-OH is 2. The number of hydrogen-bond acceptors (Lipinski definition) is 6. The zero-order chi connectivity index (χ0) is 14.6. The van der Waals surface area contributed by atoms with Crippen LogP contribution < -0.4 is 11.4 Å². The molecule has 108 valence electrons. The summed E-state index contributed by atoms with van der Waals surface area (Å²) < 4.78 is 31.6. The van der Waals surface area contributed by atoms with Gasteiger partial charge in [0, 0.05) is 6.20 Å². The minimum atomic E-state index is -2.55. The van der Waals surface area contributed by atoms with E-state index in [1.54, 1.807) is 0 Å². The fourth-order valence-electron chi connectivity index (χ4n) is 1.29. The number of hydrogen-bond donors (Lipinski definition) is 3. The van der Waals surface area contributed by atoms with Crippen molar-refractivity contribution in [1.29, 1.82) is 0 Å². The van der Waals surface area contributed by atoms with Gasteiger partial charge in [0.25, 0.3) is 0 Å². The highest BCUT2D eigenvalue weighted by Crippen LogP contribution is 2.23. The minimum Gasteiger partial charge on any atom is -0.393 e. The zero-order valence-electron chi connectivity index (χ0n) is 10.2. The maximum Gasteiger partial charge on any atom is 0.351 e. The number of rotatable bonds is 6. The molecule has 1 aromatic rings. The minimum absolute atomic E-state index is 0.0608. The van der Waals surface area contributed by atoms with E-state index in [9.17, 15) is 13.6 Å². The summed E-state index contributed by atoms with van der Waals surface area (Å²) in [6.07, 6.45) is -2.97. The van der Waals surface area contributed by atoms with Crippen molar-refractivity contribution in [3.63, 3.8) is 0 Å². The monoisotopic (exact) mass is 279 g/mol. The maximum atomic E-state index is 13.0. The van der Waals surface area contributed by atoms with Crippen LogP contribution in [0.5, 0.6) is 0 Å². The summed E-state index contributed by atoms with van der Waals surface area (Å²) in [5.74, 6) is -0.0608. The number of aliphatic hydroxyl groups is 2. The van der Waals surface area contributed by atoms with Crippen LogP contribution in [-0.4, -0.2) is 45.0 Å². The third-order valence-electron chi connectivity index (χ3n) is 2.52. The molecule has 0 fully saturated rings. The lowest BCUT2D eigenvalue weighted by Gasteiger charge is -2.32. The molecule has 0 radical (unpaired) electrons. The summed E-state index contributed by atoms with van der Waals surface area (Å²) in [5.41, 5.74) is 2.32. The first kappa shape index (κ1) is 15.5. The molecule has 0 aliphatic carbocycles. The van der Waals surface area contributed by atoms with Gasteiger partial charge in [-0.05, 0) is 13.0 Å². The molecule has 9 heteroatoms. The summed E-state index contributed by atoms with van der Waals surface area (Å²) in [6.45, 7) is -1.05. The second-order valence-electron chi connectivity index (χ2n) is 4.08. The van der Waals surface area contributed by atoms with Crippen molar-refractivity contribution in [3.8, 4) is 0 Å². The van der Waals surface area contributed by atoms with E-state index in [4.69, 9.17) is 20.7 Å². The first-order valence-corrected chi connectivity index (χ1v) is 5.35. The average molecular weight is 279 g/mol. The number of nitrogens with zero attached hydrogens (tertiary/aromatic N) is 2. The van der Waals surface area contributed by atoms with Crippen LogP contribution in [0.3, 0.4) is 0 Å². The molecule has 4 N–H and O–H groups in total. The second-order valence-corrected chi connectivity index (χ2v) is 4.08. The molecule has 19 heavy (non-hydrogen) atoms. The maximum absolute atomic E-state index is 13.0. The number of ether oxygens (including phenoxy) is 1. The predicted octanol–water partition coefficient (Wildman–Crippen LogP) is -0.651. The topological polar surface area (TPSA) is 111 Å². The SMILES string of the molecule is C[C@](CO)(O[C@H](CF)n1ccc(N)nc1=O)[C@@H](O)F. The van der Waals surface area contributed by atoms with Gasteiger partial charge < -0.3 is 20.7 Å². The molecule has 0 amide bonds. The Labute approximate surface area is 107 Å². The van der Waals surface area contributed by atoms with Gasteiger partial charge in [0.2, 0.25) is 6.36 Å². The van der Waals surface area contributed by atoms with Gasteiger partial charge in [-0.25, -0.2) is 13.6 Å². The first-order valence-electron chi connectivity index (χ1n) is 5.35. The third kappa shape index (κ3) is 3.46. The van der Waals surface area contributed by atoms with Crippen molar-refractivity contribution < 1.29 is 23.7 Å². The number of anilines is 1. The van der Waals surface area contributed by atoms with E-state index in [0.29, 0.717) is 0 Å². The van der Waals surface area contributed by atoms with Crippen LogP contribution in [0.1, 0.15) is 13.2 Å². The van der Waals surface area contributed by atoms with Crippen LogP contribution in [0.4, 0.5) is 14.6 Å². The first-order chi connectivity index (χ1) is 8.84. The number of nitrogens with two attached hydrogens (primary N) is 1. The fraction of sp³-hybridized carbons (Fsp3) is 0.600. The van der Waals surface area contributed by atoms with Crippen molar-refractivity contribution in [3.05, 3.63) is 22.7 Å². The van der Waals surface area contributed by atoms with Gasteiger partial charge in [0.15, 0.2) is 6.23 Å². The molecule has 7 nitrogen and oxygen atoms in total. The van der Waals surface area contributed by atoms with Crippen molar-refractivity contribution in [2.45, 2.75) is 25.1 Å². The highest BCUT2D eigenvalue weighted by Gasteiger charge is 2.37. The lowest BCUT2D eigenvalue weighted by Crippen LogP contribution is -2.46. The number of alkyl halides is 2. The number of aromatic nitrogens is 2. The van der Waals surface area contributed by atoms with Crippen molar-refractivity contribution in [2.75, 3.05) is 19.0 Å². The van der Waals surface area contributed by atoms with E-state index >= 15 is 0 Å². The van der Waals surface area contributed by atoms with Gasteiger partial charge in [0.1, 0.15) is 18.1 Å². The lowest BCUT2D eigenvalue weighted by atomic mass is 10.1. The molecule has 0 saturated heterocycles. The Morgan fingerprint density at radius 1 is 1.68 bits per heavy atom. The summed E-state index contributed by atoms with van der Waals surface area (Å²) in [5, 5.41) is 17.9. The molecule has 3 atom stereocenters. The lowest BCUT2D eigenvalue weighted by molar-refractivity contribution is -0.224. The number of nitrogen functional groups attached to an aromatic ring is 1. The molecular weight excluding hydrogens is 264 g/mol. The molecule has 1 heterocycles. The van der Waals surface area contributed by atoms with Gasteiger partial charge in [-0.15, -0.1) is 0 Å². The second kappa shape index (κ2) is 6.04. The Kier molecular flexibility index (Phi) is 4.92. The van der Waals surface area contributed by atoms with E-state index in [-0.39, 0.29) is 5.82 Å². The molecule has 0 aliphatic heterocycles. The largest absolute Gasteiger partial charge is 0.393 e. The Balaban J connectivity index is 3.04. The smallest absolute Gasteiger partial charge is 0.351 e.